The molecule has 0 spiro atoms. The topological polar surface area (TPSA) is 64.0 Å². The van der Waals surface area contributed by atoms with Crippen molar-refractivity contribution in [2.24, 2.45) is 5.92 Å². The van der Waals surface area contributed by atoms with Crippen LogP contribution in [0, 0.1) is 5.92 Å². The Kier molecular flexibility index (Phi) is 6.11. The van der Waals surface area contributed by atoms with E-state index in [1.54, 1.807) is 34.2 Å². The third-order valence-electron chi connectivity index (χ3n) is 5.95. The van der Waals surface area contributed by atoms with Crippen molar-refractivity contribution in [1.29, 1.82) is 0 Å². The van der Waals surface area contributed by atoms with Crippen LogP contribution in [0.4, 0.5) is 5.69 Å². The Morgan fingerprint density at radius 2 is 1.85 bits per heavy atom. The van der Waals surface area contributed by atoms with E-state index in [2.05, 4.69) is 23.5 Å². The Bertz CT molecular complexity index is 1370. The second kappa shape index (κ2) is 9.33. The van der Waals surface area contributed by atoms with E-state index < -0.39 is 0 Å². The van der Waals surface area contributed by atoms with E-state index in [1.807, 2.05) is 36.4 Å². The predicted molar refractivity (Wildman–Crippen MR) is 134 cm³/mol. The highest BCUT2D eigenvalue weighted by atomic mass is 35.5. The van der Waals surface area contributed by atoms with Gasteiger partial charge in [0, 0.05) is 23.2 Å². The molecule has 0 saturated carbocycles. The normalized spacial score (nSPS) is 17.8. The van der Waals surface area contributed by atoms with Gasteiger partial charge in [0.2, 0.25) is 5.91 Å². The molecule has 166 valence electrons. The van der Waals surface area contributed by atoms with Crippen LogP contribution < -0.4 is 10.9 Å². The Balaban J connectivity index is 1.37. The standard InChI is InChI=1S/C26H22ClN3O2S/c27-21-10-4-1-7-17(21)15-30-16-18(13-14-24(30)31)28-25(32)19-8-2-3-9-20(19)26-29-22-11-5-6-12-23(22)33-26/h1-7,10-14,16,19-20H,8-9,15H2,(H,28,32). The van der Waals surface area contributed by atoms with Gasteiger partial charge in [-0.15, -0.1) is 11.3 Å². The number of halogens is 1. The largest absolute Gasteiger partial charge is 0.325 e. The smallest absolute Gasteiger partial charge is 0.250 e. The van der Waals surface area contributed by atoms with E-state index in [4.69, 9.17) is 16.6 Å². The van der Waals surface area contributed by atoms with E-state index in [-0.39, 0.29) is 23.3 Å². The third kappa shape index (κ3) is 4.63. The van der Waals surface area contributed by atoms with Crippen molar-refractivity contribution < 1.29 is 4.79 Å². The summed E-state index contributed by atoms with van der Waals surface area (Å²) in [5, 5.41) is 4.62. The van der Waals surface area contributed by atoms with Crippen LogP contribution in [0.25, 0.3) is 10.2 Å². The predicted octanol–water partition coefficient (Wildman–Crippen LogP) is 5.85. The van der Waals surface area contributed by atoms with Crippen molar-refractivity contribution in [1.82, 2.24) is 9.55 Å². The number of para-hydroxylation sites is 1. The number of aromatic nitrogens is 2. The van der Waals surface area contributed by atoms with Gasteiger partial charge in [-0.2, -0.15) is 0 Å². The number of hydrogen-bond acceptors (Lipinski definition) is 4. The summed E-state index contributed by atoms with van der Waals surface area (Å²) in [6.07, 6.45) is 7.31. The zero-order valence-corrected chi connectivity index (χ0v) is 19.4. The first kappa shape index (κ1) is 21.6. The zero-order valence-electron chi connectivity index (χ0n) is 17.8. The average molecular weight is 476 g/mol. The minimum Gasteiger partial charge on any atom is -0.325 e. The van der Waals surface area contributed by atoms with Crippen LogP contribution in [0.2, 0.25) is 5.02 Å². The number of allylic oxidation sites excluding steroid dienone is 2. The number of amides is 1. The summed E-state index contributed by atoms with van der Waals surface area (Å²) in [4.78, 5) is 30.5. The number of nitrogens with zero attached hydrogens (tertiary/aromatic N) is 2. The molecular formula is C26H22ClN3O2S. The van der Waals surface area contributed by atoms with Crippen LogP contribution in [0.1, 0.15) is 29.3 Å². The SMILES string of the molecule is O=C(Nc1ccc(=O)n(Cc2ccccc2Cl)c1)C1CC=CCC1c1nc2ccccc2s1. The van der Waals surface area contributed by atoms with Crippen LogP contribution in [0.15, 0.2) is 83.8 Å². The third-order valence-corrected chi connectivity index (χ3v) is 7.48. The van der Waals surface area contributed by atoms with Gasteiger partial charge in [0.25, 0.3) is 5.56 Å². The zero-order chi connectivity index (χ0) is 22.8. The van der Waals surface area contributed by atoms with Gasteiger partial charge in [-0.25, -0.2) is 4.98 Å². The fourth-order valence-electron chi connectivity index (χ4n) is 4.20. The molecule has 4 aromatic rings. The van der Waals surface area contributed by atoms with E-state index in [9.17, 15) is 9.59 Å². The number of hydrogen-bond donors (Lipinski definition) is 1. The molecule has 1 aliphatic carbocycles. The maximum Gasteiger partial charge on any atom is 0.250 e. The maximum atomic E-state index is 13.3. The van der Waals surface area contributed by atoms with Crippen molar-refractivity contribution in [2.75, 3.05) is 5.32 Å². The van der Waals surface area contributed by atoms with Gasteiger partial charge in [0.15, 0.2) is 0 Å². The van der Waals surface area contributed by atoms with Crippen molar-refractivity contribution in [3.05, 3.63) is 105 Å². The summed E-state index contributed by atoms with van der Waals surface area (Å²) < 4.78 is 2.69. The first-order valence-corrected chi connectivity index (χ1v) is 12.0. The number of pyridine rings is 1. The first-order chi connectivity index (χ1) is 16.1. The number of nitrogens with one attached hydrogen (secondary N) is 1. The van der Waals surface area contributed by atoms with Crippen LogP contribution in [-0.4, -0.2) is 15.5 Å². The fourth-order valence-corrected chi connectivity index (χ4v) is 5.54. The number of fused-ring (bicyclic) bond motifs is 1. The van der Waals surface area contributed by atoms with Crippen LogP contribution in [0.3, 0.4) is 0 Å². The van der Waals surface area contributed by atoms with Gasteiger partial charge >= 0.3 is 0 Å². The first-order valence-electron chi connectivity index (χ1n) is 10.8. The highest BCUT2D eigenvalue weighted by Gasteiger charge is 2.32. The monoisotopic (exact) mass is 475 g/mol. The van der Waals surface area contributed by atoms with Gasteiger partial charge in [-0.1, -0.05) is 54.1 Å². The molecule has 5 rings (SSSR count). The van der Waals surface area contributed by atoms with E-state index in [0.29, 0.717) is 23.7 Å². The van der Waals surface area contributed by atoms with Crippen molar-refractivity contribution >= 4 is 44.7 Å². The van der Waals surface area contributed by atoms with E-state index in [1.165, 1.54) is 6.07 Å². The van der Waals surface area contributed by atoms with Crippen LogP contribution in [0.5, 0.6) is 0 Å². The molecule has 1 N–H and O–H groups in total. The number of anilines is 1. The lowest BCUT2D eigenvalue weighted by atomic mass is 9.82. The lowest BCUT2D eigenvalue weighted by Crippen LogP contribution is -2.30. The molecule has 7 heteroatoms. The van der Waals surface area contributed by atoms with E-state index in [0.717, 1.165) is 27.2 Å². The molecule has 0 aliphatic heterocycles. The molecule has 2 aromatic heterocycles. The Hall–Kier alpha value is -3.22. The Morgan fingerprint density at radius 3 is 2.70 bits per heavy atom. The molecule has 0 radical (unpaired) electrons. The van der Waals surface area contributed by atoms with Gasteiger partial charge < -0.3 is 9.88 Å². The number of carbonyl (C=O) groups excluding carboxylic acids is 1. The molecule has 1 amide bonds. The van der Waals surface area contributed by atoms with Gasteiger partial charge in [0.05, 0.1) is 33.4 Å². The van der Waals surface area contributed by atoms with Crippen molar-refractivity contribution in [2.45, 2.75) is 25.3 Å². The summed E-state index contributed by atoms with van der Waals surface area (Å²) in [5.74, 6) is -0.257. The second-order valence-electron chi connectivity index (χ2n) is 8.14. The van der Waals surface area contributed by atoms with Crippen molar-refractivity contribution in [3.63, 3.8) is 0 Å². The molecule has 33 heavy (non-hydrogen) atoms. The fraction of sp³-hybridized carbons (Fsp3) is 0.192. The number of carbonyl (C=O) groups is 1. The molecule has 2 unspecified atom stereocenters. The van der Waals surface area contributed by atoms with E-state index >= 15 is 0 Å². The summed E-state index contributed by atoms with van der Waals surface area (Å²) in [7, 11) is 0. The second-order valence-corrected chi connectivity index (χ2v) is 9.61. The Morgan fingerprint density at radius 1 is 1.06 bits per heavy atom. The molecule has 0 fully saturated rings. The summed E-state index contributed by atoms with van der Waals surface area (Å²) in [6.45, 7) is 0.336. The number of rotatable bonds is 5. The molecule has 2 atom stereocenters. The molecule has 5 nitrogen and oxygen atoms in total. The molecule has 0 saturated heterocycles. The highest BCUT2D eigenvalue weighted by Crippen LogP contribution is 2.39. The molecule has 1 aliphatic rings. The van der Waals surface area contributed by atoms with Crippen LogP contribution >= 0.6 is 22.9 Å². The molecule has 2 heterocycles. The molecule has 0 bridgehead atoms. The number of thiazole rings is 1. The lowest BCUT2D eigenvalue weighted by molar-refractivity contribution is -0.120. The summed E-state index contributed by atoms with van der Waals surface area (Å²) in [6, 6.07) is 18.6. The lowest BCUT2D eigenvalue weighted by Gasteiger charge is -2.26. The van der Waals surface area contributed by atoms with Gasteiger partial charge in [0.1, 0.15) is 0 Å². The highest BCUT2D eigenvalue weighted by molar-refractivity contribution is 7.18. The number of benzene rings is 2. The maximum absolute atomic E-state index is 13.3. The minimum atomic E-state index is -0.223. The Labute approximate surface area is 200 Å². The minimum absolute atomic E-state index is 0.0291. The van der Waals surface area contributed by atoms with Gasteiger partial charge in [-0.05, 0) is 42.7 Å². The summed E-state index contributed by atoms with van der Waals surface area (Å²) in [5.41, 5.74) is 2.25. The van der Waals surface area contributed by atoms with Crippen LogP contribution in [-0.2, 0) is 11.3 Å². The molecular weight excluding hydrogens is 454 g/mol. The summed E-state index contributed by atoms with van der Waals surface area (Å²) >= 11 is 7.91. The quantitative estimate of drug-likeness (QED) is 0.368. The molecule has 2 aromatic carbocycles. The van der Waals surface area contributed by atoms with Crippen molar-refractivity contribution in [3.8, 4) is 0 Å². The average Bonchev–Trinajstić information content (AvgIpc) is 3.27. The van der Waals surface area contributed by atoms with Gasteiger partial charge in [-0.3, -0.25) is 9.59 Å².